The summed E-state index contributed by atoms with van der Waals surface area (Å²) in [4.78, 5) is 4.89. The first-order valence-corrected chi connectivity index (χ1v) is 17.2. The van der Waals surface area contributed by atoms with Crippen molar-refractivity contribution in [1.82, 2.24) is 4.98 Å². The van der Waals surface area contributed by atoms with E-state index in [4.69, 9.17) is 9.40 Å². The molecule has 0 bridgehead atoms. The smallest absolute Gasteiger partial charge is 0.227 e. The quantitative estimate of drug-likeness (QED) is 0.167. The lowest BCUT2D eigenvalue weighted by Crippen LogP contribution is -2.06. The second-order valence-electron chi connectivity index (χ2n) is 13.1. The minimum absolute atomic E-state index is 0.264. The maximum absolute atomic E-state index is 6.28. The molecule has 1 aromatic heterocycles. The second kappa shape index (κ2) is 12.6. The predicted molar refractivity (Wildman–Crippen MR) is 202 cm³/mol. The predicted octanol–water partition coefficient (Wildman–Crippen LogP) is 12.2. The van der Waals surface area contributed by atoms with Crippen LogP contribution >= 0.6 is 0 Å². The highest BCUT2D eigenvalue weighted by Crippen LogP contribution is 2.45. The Morgan fingerprint density at radius 3 is 1.90 bits per heavy atom. The van der Waals surface area contributed by atoms with Crippen molar-refractivity contribution in [3.63, 3.8) is 0 Å². The number of oxazole rings is 1. The van der Waals surface area contributed by atoms with Crippen molar-refractivity contribution in [2.24, 2.45) is 0 Å². The summed E-state index contributed by atoms with van der Waals surface area (Å²) in [7, 11) is 0. The molecule has 9 rings (SSSR count). The number of rotatable bonds is 8. The third-order valence-electron chi connectivity index (χ3n) is 10.1. The maximum Gasteiger partial charge on any atom is 0.227 e. The van der Waals surface area contributed by atoms with E-state index in [0.29, 0.717) is 5.89 Å². The van der Waals surface area contributed by atoms with Gasteiger partial charge in [0.2, 0.25) is 5.89 Å². The standard InChI is InChI=1S/C47H35NO/c1-4-12-32(13-5-1)22-27-40(35-25-23-34(24-26-35)38-19-10-18-37(28-38)33-14-6-2-7-15-33)41-20-11-21-42-43-31-45-46(30-39(43)29-44(41)42)49-47(48-45)36-16-8-3-9-17-36/h1-21,23-26,28,30-31,40H,22,27,29H2. The van der Waals surface area contributed by atoms with Crippen LogP contribution in [0.2, 0.25) is 0 Å². The molecule has 0 N–H and O–H groups in total. The minimum atomic E-state index is 0.264. The van der Waals surface area contributed by atoms with E-state index in [0.717, 1.165) is 35.9 Å². The Morgan fingerprint density at radius 1 is 0.531 bits per heavy atom. The summed E-state index contributed by atoms with van der Waals surface area (Å²) in [5.41, 5.74) is 17.2. The van der Waals surface area contributed by atoms with Gasteiger partial charge in [0.1, 0.15) is 5.52 Å². The minimum Gasteiger partial charge on any atom is -0.436 e. The number of aromatic nitrogens is 1. The molecule has 0 amide bonds. The maximum atomic E-state index is 6.28. The SMILES string of the molecule is c1ccc(CCC(c2ccc(-c3cccc(-c4ccccc4)c3)cc2)c2cccc3c2Cc2cc4oc(-c5ccccc5)nc4cc2-3)cc1. The molecule has 0 spiro atoms. The van der Waals surface area contributed by atoms with E-state index < -0.39 is 0 Å². The molecule has 1 heterocycles. The summed E-state index contributed by atoms with van der Waals surface area (Å²) in [6.07, 6.45) is 2.94. The van der Waals surface area contributed by atoms with Gasteiger partial charge in [-0.25, -0.2) is 4.98 Å². The molecule has 1 aliphatic carbocycles. The molecule has 1 aliphatic rings. The summed E-state index contributed by atoms with van der Waals surface area (Å²) in [6.45, 7) is 0. The van der Waals surface area contributed by atoms with Crippen LogP contribution < -0.4 is 0 Å². The number of hydrogen-bond donors (Lipinski definition) is 0. The lowest BCUT2D eigenvalue weighted by molar-refractivity contribution is 0.619. The summed E-state index contributed by atoms with van der Waals surface area (Å²) >= 11 is 0. The molecule has 49 heavy (non-hydrogen) atoms. The van der Waals surface area contributed by atoms with Crippen molar-refractivity contribution in [3.05, 3.63) is 198 Å². The number of nitrogens with zero attached hydrogens (tertiary/aromatic N) is 1. The zero-order chi connectivity index (χ0) is 32.6. The van der Waals surface area contributed by atoms with Gasteiger partial charge in [0.05, 0.1) is 0 Å². The Labute approximate surface area is 287 Å². The average molecular weight is 630 g/mol. The van der Waals surface area contributed by atoms with Gasteiger partial charge in [0.25, 0.3) is 0 Å². The third-order valence-corrected chi connectivity index (χ3v) is 10.1. The first-order chi connectivity index (χ1) is 24.3. The van der Waals surface area contributed by atoms with Gasteiger partial charge in [-0.3, -0.25) is 0 Å². The topological polar surface area (TPSA) is 26.0 Å². The molecule has 0 saturated carbocycles. The Bertz CT molecular complexity index is 2390. The van der Waals surface area contributed by atoms with Crippen molar-refractivity contribution < 1.29 is 4.42 Å². The summed E-state index contributed by atoms with van der Waals surface area (Å²) < 4.78 is 6.28. The normalized spacial score (nSPS) is 12.5. The second-order valence-corrected chi connectivity index (χ2v) is 13.1. The Morgan fingerprint density at radius 2 is 1.16 bits per heavy atom. The molecule has 1 unspecified atom stereocenters. The number of benzene rings is 7. The highest BCUT2D eigenvalue weighted by molar-refractivity contribution is 5.89. The lowest BCUT2D eigenvalue weighted by atomic mass is 9.82. The molecule has 0 radical (unpaired) electrons. The molecule has 7 aromatic carbocycles. The molecule has 2 heteroatoms. The fourth-order valence-electron chi connectivity index (χ4n) is 7.56. The van der Waals surface area contributed by atoms with Gasteiger partial charge >= 0.3 is 0 Å². The van der Waals surface area contributed by atoms with E-state index in [1.165, 1.54) is 61.2 Å². The van der Waals surface area contributed by atoms with Crippen molar-refractivity contribution in [2.45, 2.75) is 25.2 Å². The zero-order valence-corrected chi connectivity index (χ0v) is 27.2. The lowest BCUT2D eigenvalue weighted by Gasteiger charge is -2.22. The monoisotopic (exact) mass is 629 g/mol. The van der Waals surface area contributed by atoms with E-state index in [1.54, 1.807) is 0 Å². The van der Waals surface area contributed by atoms with Crippen LogP contribution in [-0.2, 0) is 12.8 Å². The van der Waals surface area contributed by atoms with E-state index >= 15 is 0 Å². The van der Waals surface area contributed by atoms with Gasteiger partial charge in [0, 0.05) is 11.5 Å². The van der Waals surface area contributed by atoms with E-state index in [-0.39, 0.29) is 5.92 Å². The van der Waals surface area contributed by atoms with Gasteiger partial charge in [-0.1, -0.05) is 140 Å². The third kappa shape index (κ3) is 5.66. The van der Waals surface area contributed by atoms with Crippen molar-refractivity contribution in [3.8, 4) is 44.8 Å². The fraction of sp³-hybridized carbons (Fsp3) is 0.0851. The van der Waals surface area contributed by atoms with Crippen LogP contribution in [0.15, 0.2) is 174 Å². The molecule has 0 fully saturated rings. The fourth-order valence-corrected chi connectivity index (χ4v) is 7.56. The Balaban J connectivity index is 1.07. The molecular formula is C47H35NO. The van der Waals surface area contributed by atoms with E-state index in [1.807, 2.05) is 30.3 Å². The average Bonchev–Trinajstić information content (AvgIpc) is 3.76. The van der Waals surface area contributed by atoms with Crippen LogP contribution in [0.1, 0.15) is 40.2 Å². The molecule has 0 saturated heterocycles. The van der Waals surface area contributed by atoms with Crippen LogP contribution in [0.25, 0.3) is 55.9 Å². The van der Waals surface area contributed by atoms with Gasteiger partial charge in [-0.15, -0.1) is 0 Å². The molecule has 1 atom stereocenters. The van der Waals surface area contributed by atoms with Crippen molar-refractivity contribution in [2.75, 3.05) is 0 Å². The first-order valence-electron chi connectivity index (χ1n) is 17.2. The van der Waals surface area contributed by atoms with Crippen LogP contribution in [0.4, 0.5) is 0 Å². The summed E-state index contributed by atoms with van der Waals surface area (Å²) in [5, 5.41) is 0. The van der Waals surface area contributed by atoms with Crippen LogP contribution in [0.3, 0.4) is 0 Å². The van der Waals surface area contributed by atoms with Gasteiger partial charge in [-0.2, -0.15) is 0 Å². The summed E-state index contributed by atoms with van der Waals surface area (Å²) in [6, 6.07) is 61.1. The van der Waals surface area contributed by atoms with Crippen LogP contribution in [-0.4, -0.2) is 4.98 Å². The molecule has 234 valence electrons. The largest absolute Gasteiger partial charge is 0.436 e. The summed E-state index contributed by atoms with van der Waals surface area (Å²) in [5.74, 6) is 0.935. The highest BCUT2D eigenvalue weighted by atomic mass is 16.3. The zero-order valence-electron chi connectivity index (χ0n) is 27.2. The first kappa shape index (κ1) is 29.2. The molecule has 0 aliphatic heterocycles. The van der Waals surface area contributed by atoms with Crippen molar-refractivity contribution in [1.29, 1.82) is 0 Å². The molecule has 8 aromatic rings. The van der Waals surface area contributed by atoms with E-state index in [2.05, 4.69) is 140 Å². The Kier molecular flexibility index (Phi) is 7.48. The number of fused-ring (bicyclic) bond motifs is 4. The van der Waals surface area contributed by atoms with Gasteiger partial charge < -0.3 is 4.42 Å². The number of aryl methyl sites for hydroxylation is 1. The molecule has 2 nitrogen and oxygen atoms in total. The van der Waals surface area contributed by atoms with Crippen LogP contribution in [0, 0.1) is 0 Å². The number of hydrogen-bond acceptors (Lipinski definition) is 2. The van der Waals surface area contributed by atoms with Gasteiger partial charge in [-0.05, 0) is 111 Å². The van der Waals surface area contributed by atoms with Crippen LogP contribution in [0.5, 0.6) is 0 Å². The Hall–Kier alpha value is -5.99. The highest BCUT2D eigenvalue weighted by Gasteiger charge is 2.27. The van der Waals surface area contributed by atoms with Gasteiger partial charge in [0.15, 0.2) is 5.58 Å². The van der Waals surface area contributed by atoms with Crippen molar-refractivity contribution >= 4 is 11.1 Å². The molecular weight excluding hydrogens is 595 g/mol. The van der Waals surface area contributed by atoms with E-state index in [9.17, 15) is 0 Å².